The van der Waals surface area contributed by atoms with Crippen molar-refractivity contribution in [2.45, 2.75) is 50.5 Å². The van der Waals surface area contributed by atoms with Crippen LogP contribution in [0.3, 0.4) is 0 Å². The number of allylic oxidation sites excluding steroid dienone is 1. The standard InChI is InChI=1S/C29H35Cl3N4O2S/c1-18-15-21(7-8-24(18)39-3)28(38-26-6-4-5-25(32)35-26)20-10-13-36(14-11-20)19(2)9-12-34-29(37)27-22(30)16-33-17-23(27)31/h4-8,15-20,24,28H,9-14H2,1-3H3,(H,34,37). The van der Waals surface area contributed by atoms with Gasteiger partial charge in [-0.1, -0.05) is 66.0 Å². The van der Waals surface area contributed by atoms with Crippen LogP contribution in [-0.4, -0.2) is 64.1 Å². The molecule has 1 amide bonds. The first-order valence-corrected chi connectivity index (χ1v) is 15.7. The number of hydrogen-bond acceptors (Lipinski definition) is 6. The van der Waals surface area contributed by atoms with Gasteiger partial charge in [0.25, 0.3) is 5.91 Å². The number of carbonyl (C=O) groups excluding carboxylic acids is 1. The Balaban J connectivity index is 1.35. The van der Waals surface area contributed by atoms with Gasteiger partial charge in [0.1, 0.15) is 11.3 Å². The van der Waals surface area contributed by atoms with Crippen molar-refractivity contribution in [3.8, 4) is 5.88 Å². The summed E-state index contributed by atoms with van der Waals surface area (Å²) in [7, 11) is 0. The molecule has 2 aromatic rings. The third-order valence-corrected chi connectivity index (χ3v) is 9.46. The number of aromatic nitrogens is 2. The molecule has 6 nitrogen and oxygen atoms in total. The van der Waals surface area contributed by atoms with Crippen LogP contribution in [-0.2, 0) is 0 Å². The van der Waals surface area contributed by atoms with Crippen LogP contribution < -0.4 is 10.1 Å². The number of halogens is 3. The Bertz CT molecular complexity index is 1180. The average molecular weight is 610 g/mol. The number of likely N-dealkylation sites (tertiary alicyclic amines) is 1. The molecule has 2 aromatic heterocycles. The highest BCUT2D eigenvalue weighted by Crippen LogP contribution is 2.34. The Morgan fingerprint density at radius 1 is 1.21 bits per heavy atom. The Morgan fingerprint density at radius 2 is 1.92 bits per heavy atom. The molecule has 4 rings (SSSR count). The van der Waals surface area contributed by atoms with Gasteiger partial charge in [-0.05, 0) is 63.1 Å². The van der Waals surface area contributed by atoms with E-state index in [-0.39, 0.29) is 27.6 Å². The van der Waals surface area contributed by atoms with Crippen LogP contribution in [0.15, 0.2) is 54.4 Å². The number of ether oxygens (including phenoxy) is 1. The lowest BCUT2D eigenvalue weighted by atomic mass is 9.83. The van der Waals surface area contributed by atoms with Gasteiger partial charge in [-0.15, -0.1) is 0 Å². The maximum Gasteiger partial charge on any atom is 0.254 e. The van der Waals surface area contributed by atoms with E-state index in [4.69, 9.17) is 39.5 Å². The molecule has 4 unspecified atom stereocenters. The summed E-state index contributed by atoms with van der Waals surface area (Å²) in [4.78, 5) is 23.4. The molecule has 4 atom stereocenters. The summed E-state index contributed by atoms with van der Waals surface area (Å²) in [6, 6.07) is 5.83. The molecule has 0 saturated carbocycles. The van der Waals surface area contributed by atoms with Crippen molar-refractivity contribution in [1.82, 2.24) is 20.2 Å². The van der Waals surface area contributed by atoms with E-state index in [1.807, 2.05) is 23.9 Å². The van der Waals surface area contributed by atoms with Crippen LogP contribution in [0.5, 0.6) is 5.88 Å². The number of piperidine rings is 1. The van der Waals surface area contributed by atoms with Gasteiger partial charge >= 0.3 is 0 Å². The smallest absolute Gasteiger partial charge is 0.254 e. The average Bonchev–Trinajstić information content (AvgIpc) is 2.92. The zero-order valence-corrected chi connectivity index (χ0v) is 25.5. The van der Waals surface area contributed by atoms with Gasteiger partial charge in [0, 0.05) is 42.2 Å². The SMILES string of the molecule is CSC1C=CC(C(Oc2cccc(Cl)n2)C2CCN(C(C)CCNC(=O)c3c(Cl)cncc3Cl)CC2)=CC1C. The molecular formula is C29H35Cl3N4O2S. The first-order chi connectivity index (χ1) is 18.8. The minimum atomic E-state index is -0.278. The van der Waals surface area contributed by atoms with Crippen molar-refractivity contribution in [3.63, 3.8) is 0 Å². The summed E-state index contributed by atoms with van der Waals surface area (Å²) in [6.07, 6.45) is 14.7. The molecule has 0 radical (unpaired) electrons. The number of thioether (sulfide) groups is 1. The second-order valence-corrected chi connectivity index (χ2v) is 12.4. The van der Waals surface area contributed by atoms with Crippen molar-refractivity contribution in [3.05, 3.63) is 75.2 Å². The number of nitrogens with one attached hydrogen (secondary N) is 1. The Kier molecular flexibility index (Phi) is 11.0. The lowest BCUT2D eigenvalue weighted by molar-refractivity contribution is 0.0759. The molecule has 1 fully saturated rings. The van der Waals surface area contributed by atoms with Crippen molar-refractivity contribution in [2.24, 2.45) is 11.8 Å². The van der Waals surface area contributed by atoms with Gasteiger partial charge < -0.3 is 15.0 Å². The normalized spacial score (nSPS) is 21.7. The van der Waals surface area contributed by atoms with E-state index in [0.29, 0.717) is 40.7 Å². The first kappa shape index (κ1) is 30.2. The van der Waals surface area contributed by atoms with E-state index in [0.717, 1.165) is 32.4 Å². The molecule has 0 bridgehead atoms. The largest absolute Gasteiger partial charge is 0.469 e. The number of pyridine rings is 2. The van der Waals surface area contributed by atoms with Gasteiger partial charge in [-0.3, -0.25) is 9.78 Å². The highest BCUT2D eigenvalue weighted by Gasteiger charge is 2.33. The molecule has 1 aliphatic heterocycles. The fourth-order valence-electron chi connectivity index (χ4n) is 5.30. The summed E-state index contributed by atoms with van der Waals surface area (Å²) in [5.74, 6) is 1.08. The maximum absolute atomic E-state index is 12.6. The fourth-order valence-corrected chi connectivity index (χ4v) is 6.73. The van der Waals surface area contributed by atoms with Gasteiger partial charge in [-0.2, -0.15) is 11.8 Å². The van der Waals surface area contributed by atoms with Crippen molar-refractivity contribution in [2.75, 3.05) is 25.9 Å². The summed E-state index contributed by atoms with van der Waals surface area (Å²) in [5, 5.41) is 4.36. The van der Waals surface area contributed by atoms with Gasteiger partial charge in [-0.25, -0.2) is 4.98 Å². The quantitative estimate of drug-likeness (QED) is 0.294. The predicted octanol–water partition coefficient (Wildman–Crippen LogP) is 6.97. The van der Waals surface area contributed by atoms with Gasteiger partial charge in [0.15, 0.2) is 0 Å². The number of nitrogens with zero attached hydrogens (tertiary/aromatic N) is 3. The second-order valence-electron chi connectivity index (χ2n) is 10.2. The summed E-state index contributed by atoms with van der Waals surface area (Å²) in [5.41, 5.74) is 1.49. The Hall–Kier alpha value is -1.77. The summed E-state index contributed by atoms with van der Waals surface area (Å²) in [6.45, 7) is 6.93. The van der Waals surface area contributed by atoms with Gasteiger partial charge in [0.05, 0.1) is 15.6 Å². The van der Waals surface area contributed by atoms with E-state index in [1.54, 1.807) is 6.07 Å². The van der Waals surface area contributed by atoms with Crippen LogP contribution in [0.2, 0.25) is 15.2 Å². The molecule has 1 N–H and O–H groups in total. The van der Waals surface area contributed by atoms with Crippen LogP contribution in [0.1, 0.15) is 43.5 Å². The van der Waals surface area contributed by atoms with Crippen molar-refractivity contribution in [1.29, 1.82) is 0 Å². The molecule has 2 aliphatic rings. The highest BCUT2D eigenvalue weighted by atomic mass is 35.5. The van der Waals surface area contributed by atoms with Crippen molar-refractivity contribution >= 4 is 52.5 Å². The van der Waals surface area contributed by atoms with E-state index in [2.05, 4.69) is 58.5 Å². The summed E-state index contributed by atoms with van der Waals surface area (Å²) < 4.78 is 6.53. The minimum absolute atomic E-state index is 0.0796. The number of carbonyl (C=O) groups is 1. The zero-order chi connectivity index (χ0) is 27.9. The first-order valence-electron chi connectivity index (χ1n) is 13.3. The molecule has 10 heteroatoms. The molecule has 3 heterocycles. The van der Waals surface area contributed by atoms with Gasteiger partial charge in [0.2, 0.25) is 5.88 Å². The summed E-state index contributed by atoms with van der Waals surface area (Å²) >= 11 is 20.3. The lowest BCUT2D eigenvalue weighted by Gasteiger charge is -2.39. The zero-order valence-electron chi connectivity index (χ0n) is 22.4. The van der Waals surface area contributed by atoms with Crippen molar-refractivity contribution < 1.29 is 9.53 Å². The third kappa shape index (κ3) is 7.92. The predicted molar refractivity (Wildman–Crippen MR) is 162 cm³/mol. The minimum Gasteiger partial charge on any atom is -0.469 e. The van der Waals surface area contributed by atoms with E-state index in [1.165, 1.54) is 18.0 Å². The molecule has 210 valence electrons. The van der Waals surface area contributed by atoms with E-state index < -0.39 is 0 Å². The third-order valence-electron chi connectivity index (χ3n) is 7.54. The van der Waals surface area contributed by atoms with Crippen LogP contribution in [0, 0.1) is 11.8 Å². The number of hydrogen-bond donors (Lipinski definition) is 1. The molecule has 0 spiro atoms. The number of amides is 1. The Labute approximate surface area is 250 Å². The van der Waals surface area contributed by atoms with E-state index in [9.17, 15) is 4.79 Å². The fraction of sp³-hybridized carbons (Fsp3) is 0.483. The topological polar surface area (TPSA) is 67.3 Å². The van der Waals surface area contributed by atoms with E-state index >= 15 is 0 Å². The Morgan fingerprint density at radius 3 is 2.56 bits per heavy atom. The van der Waals surface area contributed by atoms with Crippen LogP contribution in [0.4, 0.5) is 0 Å². The molecular weight excluding hydrogens is 575 g/mol. The lowest BCUT2D eigenvalue weighted by Crippen LogP contribution is -2.45. The van der Waals surface area contributed by atoms with Crippen LogP contribution in [0.25, 0.3) is 0 Å². The maximum atomic E-state index is 12.6. The second kappa shape index (κ2) is 14.2. The molecule has 1 saturated heterocycles. The monoisotopic (exact) mass is 608 g/mol. The molecule has 39 heavy (non-hydrogen) atoms. The van der Waals surface area contributed by atoms with Crippen LogP contribution >= 0.6 is 46.6 Å². The molecule has 0 aromatic carbocycles. The number of rotatable bonds is 10. The highest BCUT2D eigenvalue weighted by molar-refractivity contribution is 7.99. The molecule has 1 aliphatic carbocycles.